The first-order valence-electron chi connectivity index (χ1n) is 6.09. The Hall–Kier alpha value is -2.40. The summed E-state index contributed by atoms with van der Waals surface area (Å²) in [5.41, 5.74) is 0.355. The van der Waals surface area contributed by atoms with Crippen molar-refractivity contribution >= 4 is 33.5 Å². The molecule has 1 heterocycles. The third-order valence-corrected chi connectivity index (χ3v) is 3.89. The molecule has 5 nitrogen and oxygen atoms in total. The number of phenolic OH excluding ortho intramolecular Hbond substituents is 2. The van der Waals surface area contributed by atoms with E-state index in [4.69, 9.17) is 20.8 Å². The van der Waals surface area contributed by atoms with Crippen molar-refractivity contribution in [2.45, 2.75) is 6.92 Å². The molecule has 0 spiro atoms. The standard InChI is InChI=1S/C15H11ClO5/c1-6-12-11(5-9(18)14(6)16)21-10-4-7(20-2)3-8(17)13(10)15(12)19/h3-5,17-18H,1-2H3. The summed E-state index contributed by atoms with van der Waals surface area (Å²) in [7, 11) is 1.44. The highest BCUT2D eigenvalue weighted by atomic mass is 35.5. The monoisotopic (exact) mass is 306 g/mol. The maximum Gasteiger partial charge on any atom is 0.204 e. The summed E-state index contributed by atoms with van der Waals surface area (Å²) in [6.07, 6.45) is 0. The quantitative estimate of drug-likeness (QED) is 0.674. The average molecular weight is 307 g/mol. The van der Waals surface area contributed by atoms with E-state index in [0.717, 1.165) is 0 Å². The van der Waals surface area contributed by atoms with Crippen molar-refractivity contribution in [2.24, 2.45) is 0 Å². The van der Waals surface area contributed by atoms with Crippen LogP contribution in [0.1, 0.15) is 5.56 Å². The highest BCUT2D eigenvalue weighted by Gasteiger charge is 2.18. The molecular formula is C15H11ClO5. The molecule has 0 amide bonds. The van der Waals surface area contributed by atoms with E-state index in [1.54, 1.807) is 6.92 Å². The van der Waals surface area contributed by atoms with Crippen LogP contribution in [0.3, 0.4) is 0 Å². The predicted octanol–water partition coefficient (Wildman–Crippen LogP) is 3.33. The Morgan fingerprint density at radius 3 is 2.43 bits per heavy atom. The third-order valence-electron chi connectivity index (χ3n) is 3.41. The third kappa shape index (κ3) is 1.89. The lowest BCUT2D eigenvalue weighted by molar-refractivity contribution is 0.408. The molecule has 3 aromatic rings. The molecule has 2 N–H and O–H groups in total. The Labute approximate surface area is 123 Å². The van der Waals surface area contributed by atoms with Crippen LogP contribution < -0.4 is 10.2 Å². The van der Waals surface area contributed by atoms with Crippen molar-refractivity contribution in [3.05, 3.63) is 39.0 Å². The molecule has 0 saturated heterocycles. The van der Waals surface area contributed by atoms with Crippen LogP contribution in [0.2, 0.25) is 5.02 Å². The lowest BCUT2D eigenvalue weighted by Gasteiger charge is -2.09. The summed E-state index contributed by atoms with van der Waals surface area (Å²) in [6, 6.07) is 4.11. The van der Waals surface area contributed by atoms with Gasteiger partial charge in [-0.2, -0.15) is 0 Å². The molecular weight excluding hydrogens is 296 g/mol. The minimum Gasteiger partial charge on any atom is -0.507 e. The molecule has 0 aliphatic heterocycles. The van der Waals surface area contributed by atoms with Crippen LogP contribution in [0, 0.1) is 6.92 Å². The predicted molar refractivity (Wildman–Crippen MR) is 79.6 cm³/mol. The van der Waals surface area contributed by atoms with E-state index in [0.29, 0.717) is 11.3 Å². The molecule has 6 heteroatoms. The number of aryl methyl sites for hydroxylation is 1. The maximum absolute atomic E-state index is 12.6. The number of hydrogen-bond donors (Lipinski definition) is 2. The molecule has 21 heavy (non-hydrogen) atoms. The van der Waals surface area contributed by atoms with Gasteiger partial charge in [-0.15, -0.1) is 0 Å². The van der Waals surface area contributed by atoms with Crippen molar-refractivity contribution in [1.82, 2.24) is 0 Å². The van der Waals surface area contributed by atoms with Crippen LogP contribution in [-0.2, 0) is 0 Å². The molecule has 0 saturated carbocycles. The fraction of sp³-hybridized carbons (Fsp3) is 0.133. The highest BCUT2D eigenvalue weighted by molar-refractivity contribution is 6.33. The Balaban J connectivity index is 2.59. The van der Waals surface area contributed by atoms with Gasteiger partial charge in [-0.05, 0) is 12.5 Å². The van der Waals surface area contributed by atoms with E-state index in [1.165, 1.54) is 25.3 Å². The highest BCUT2D eigenvalue weighted by Crippen LogP contribution is 2.36. The second-order valence-electron chi connectivity index (χ2n) is 4.66. The molecule has 0 atom stereocenters. The number of hydrogen-bond acceptors (Lipinski definition) is 5. The number of rotatable bonds is 1. The topological polar surface area (TPSA) is 79.9 Å². The second-order valence-corrected chi connectivity index (χ2v) is 5.04. The van der Waals surface area contributed by atoms with E-state index >= 15 is 0 Å². The van der Waals surface area contributed by atoms with Gasteiger partial charge in [-0.1, -0.05) is 11.6 Å². The van der Waals surface area contributed by atoms with Gasteiger partial charge in [0.25, 0.3) is 0 Å². The first-order chi connectivity index (χ1) is 9.93. The molecule has 0 fully saturated rings. The van der Waals surface area contributed by atoms with E-state index in [9.17, 15) is 15.0 Å². The summed E-state index contributed by atoms with van der Waals surface area (Å²) in [5, 5.41) is 20.1. The Kier molecular flexibility index (Phi) is 2.95. The summed E-state index contributed by atoms with van der Waals surface area (Å²) in [5.74, 6) is -0.0442. The number of aromatic hydroxyl groups is 2. The van der Waals surface area contributed by atoms with Crippen LogP contribution in [0.5, 0.6) is 17.2 Å². The first-order valence-corrected chi connectivity index (χ1v) is 6.47. The molecule has 2 aromatic carbocycles. The molecule has 0 unspecified atom stereocenters. The van der Waals surface area contributed by atoms with Crippen LogP contribution in [0.4, 0.5) is 0 Å². The Bertz CT molecular complexity index is 943. The van der Waals surface area contributed by atoms with Gasteiger partial charge < -0.3 is 19.4 Å². The zero-order valence-electron chi connectivity index (χ0n) is 11.2. The number of fused-ring (bicyclic) bond motifs is 2. The van der Waals surface area contributed by atoms with Gasteiger partial charge >= 0.3 is 0 Å². The van der Waals surface area contributed by atoms with Gasteiger partial charge in [-0.25, -0.2) is 0 Å². The summed E-state index contributed by atoms with van der Waals surface area (Å²) in [4.78, 5) is 12.6. The van der Waals surface area contributed by atoms with Crippen LogP contribution in [0.15, 0.2) is 27.4 Å². The zero-order chi connectivity index (χ0) is 15.3. The van der Waals surface area contributed by atoms with E-state index in [2.05, 4.69) is 0 Å². The minimum absolute atomic E-state index is 0.0492. The van der Waals surface area contributed by atoms with Gasteiger partial charge in [0.05, 0.1) is 17.5 Å². The van der Waals surface area contributed by atoms with Crippen molar-refractivity contribution in [1.29, 1.82) is 0 Å². The summed E-state index contributed by atoms with van der Waals surface area (Å²) < 4.78 is 10.6. The maximum atomic E-state index is 12.6. The normalized spacial score (nSPS) is 11.2. The van der Waals surface area contributed by atoms with Crippen molar-refractivity contribution in [3.8, 4) is 17.2 Å². The number of methoxy groups -OCH3 is 1. The molecule has 108 valence electrons. The van der Waals surface area contributed by atoms with E-state index in [-0.39, 0.29) is 38.5 Å². The fourth-order valence-electron chi connectivity index (χ4n) is 2.36. The van der Waals surface area contributed by atoms with Gasteiger partial charge in [0.2, 0.25) is 5.43 Å². The smallest absolute Gasteiger partial charge is 0.204 e. The second kappa shape index (κ2) is 4.56. The Morgan fingerprint density at radius 2 is 1.76 bits per heavy atom. The van der Waals surface area contributed by atoms with Crippen LogP contribution >= 0.6 is 11.6 Å². The zero-order valence-corrected chi connectivity index (χ0v) is 12.0. The van der Waals surface area contributed by atoms with Crippen molar-refractivity contribution < 1.29 is 19.4 Å². The number of ether oxygens (including phenoxy) is 1. The van der Waals surface area contributed by atoms with Crippen LogP contribution in [-0.4, -0.2) is 17.3 Å². The molecule has 0 bridgehead atoms. The first kappa shape index (κ1) is 13.6. The molecule has 0 aliphatic rings. The fourth-order valence-corrected chi connectivity index (χ4v) is 2.50. The van der Waals surface area contributed by atoms with Crippen molar-refractivity contribution in [2.75, 3.05) is 7.11 Å². The number of phenols is 2. The van der Waals surface area contributed by atoms with Gasteiger partial charge in [0.1, 0.15) is 33.8 Å². The molecule has 1 aromatic heterocycles. The van der Waals surface area contributed by atoms with E-state index in [1.807, 2.05) is 0 Å². The molecule has 0 radical (unpaired) electrons. The lowest BCUT2D eigenvalue weighted by Crippen LogP contribution is -2.05. The van der Waals surface area contributed by atoms with Gasteiger partial charge in [-0.3, -0.25) is 4.79 Å². The summed E-state index contributed by atoms with van der Waals surface area (Å²) in [6.45, 7) is 1.60. The number of halogens is 1. The van der Waals surface area contributed by atoms with E-state index < -0.39 is 5.43 Å². The van der Waals surface area contributed by atoms with Crippen LogP contribution in [0.25, 0.3) is 21.9 Å². The van der Waals surface area contributed by atoms with Gasteiger partial charge in [0, 0.05) is 18.2 Å². The molecule has 3 rings (SSSR count). The number of benzene rings is 2. The average Bonchev–Trinajstić information content (AvgIpc) is 2.43. The summed E-state index contributed by atoms with van der Waals surface area (Å²) >= 11 is 5.95. The van der Waals surface area contributed by atoms with Crippen molar-refractivity contribution in [3.63, 3.8) is 0 Å². The lowest BCUT2D eigenvalue weighted by atomic mass is 10.1. The Morgan fingerprint density at radius 1 is 1.10 bits per heavy atom. The SMILES string of the molecule is COc1cc(O)c2c(=O)c3c(C)c(Cl)c(O)cc3oc2c1. The largest absolute Gasteiger partial charge is 0.507 e. The minimum atomic E-state index is -0.411. The van der Waals surface area contributed by atoms with Gasteiger partial charge in [0.15, 0.2) is 0 Å². The molecule has 0 aliphatic carbocycles.